The number of rotatable bonds is 6. The van der Waals surface area contributed by atoms with E-state index < -0.39 is 0 Å². The van der Waals surface area contributed by atoms with Gasteiger partial charge in [-0.15, -0.1) is 0 Å². The van der Waals surface area contributed by atoms with Gasteiger partial charge < -0.3 is 10.3 Å². The summed E-state index contributed by atoms with van der Waals surface area (Å²) in [6, 6.07) is 5.32. The number of nitrogens with zero attached hydrogens (tertiary/aromatic N) is 2. The first-order valence-electron chi connectivity index (χ1n) is 7.82. The standard InChI is InChI=1S/C16H27N3O/c1-2-19(16(14-17)9-5-3-6-10-16)13-12-18-11-7-4-8-15(18)20/h4,7-8,11H,2-3,5-6,9-10,12-14,17H2,1H3. The highest BCUT2D eigenvalue weighted by molar-refractivity contribution is 4.96. The number of hydrogen-bond acceptors (Lipinski definition) is 3. The zero-order valence-electron chi connectivity index (χ0n) is 12.6. The van der Waals surface area contributed by atoms with Gasteiger partial charge in [0.05, 0.1) is 0 Å². The van der Waals surface area contributed by atoms with E-state index in [1.807, 2.05) is 12.3 Å². The van der Waals surface area contributed by atoms with Gasteiger partial charge in [-0.25, -0.2) is 0 Å². The molecule has 0 bridgehead atoms. The molecule has 2 N–H and O–H groups in total. The van der Waals surface area contributed by atoms with Crippen molar-refractivity contribution in [2.45, 2.75) is 51.1 Å². The molecule has 20 heavy (non-hydrogen) atoms. The molecule has 4 heteroatoms. The van der Waals surface area contributed by atoms with Crippen molar-refractivity contribution in [1.29, 1.82) is 0 Å². The van der Waals surface area contributed by atoms with Crippen molar-refractivity contribution in [3.05, 3.63) is 34.7 Å². The predicted octanol–water partition coefficient (Wildman–Crippen LogP) is 1.83. The fraction of sp³-hybridized carbons (Fsp3) is 0.688. The molecule has 0 unspecified atom stereocenters. The molecule has 0 atom stereocenters. The quantitative estimate of drug-likeness (QED) is 0.863. The van der Waals surface area contributed by atoms with E-state index in [-0.39, 0.29) is 11.1 Å². The Kier molecular flexibility index (Phi) is 5.38. The van der Waals surface area contributed by atoms with Crippen molar-refractivity contribution in [2.24, 2.45) is 5.73 Å². The molecule has 2 rings (SSSR count). The summed E-state index contributed by atoms with van der Waals surface area (Å²) in [4.78, 5) is 14.3. The van der Waals surface area contributed by atoms with Gasteiger partial charge in [0.1, 0.15) is 0 Å². The van der Waals surface area contributed by atoms with Gasteiger partial charge in [-0.05, 0) is 25.5 Å². The van der Waals surface area contributed by atoms with Gasteiger partial charge in [0.15, 0.2) is 0 Å². The van der Waals surface area contributed by atoms with Gasteiger partial charge in [-0.2, -0.15) is 0 Å². The minimum atomic E-state index is 0.0778. The fourth-order valence-corrected chi connectivity index (χ4v) is 3.46. The number of likely N-dealkylation sites (N-methyl/N-ethyl adjacent to an activating group) is 1. The van der Waals surface area contributed by atoms with Crippen LogP contribution in [0.25, 0.3) is 0 Å². The molecule has 1 fully saturated rings. The Bertz CT molecular complexity index is 463. The topological polar surface area (TPSA) is 51.3 Å². The van der Waals surface area contributed by atoms with E-state index in [1.54, 1.807) is 16.7 Å². The molecule has 112 valence electrons. The molecular formula is C16H27N3O. The number of pyridine rings is 1. The molecule has 0 aliphatic heterocycles. The van der Waals surface area contributed by atoms with Crippen LogP contribution in [0.5, 0.6) is 0 Å². The summed E-state index contributed by atoms with van der Waals surface area (Å²) in [6.07, 6.45) is 8.14. The van der Waals surface area contributed by atoms with Crippen LogP contribution in [0.4, 0.5) is 0 Å². The Morgan fingerprint density at radius 1 is 1.30 bits per heavy atom. The van der Waals surface area contributed by atoms with Crippen molar-refractivity contribution in [2.75, 3.05) is 19.6 Å². The zero-order chi connectivity index (χ0) is 14.4. The summed E-state index contributed by atoms with van der Waals surface area (Å²) in [5.41, 5.74) is 6.34. The summed E-state index contributed by atoms with van der Waals surface area (Å²) >= 11 is 0. The zero-order valence-corrected chi connectivity index (χ0v) is 12.6. The van der Waals surface area contributed by atoms with Crippen LogP contribution in [0, 0.1) is 0 Å². The van der Waals surface area contributed by atoms with Gasteiger partial charge in [0, 0.05) is 37.4 Å². The molecule has 0 saturated heterocycles. The highest BCUT2D eigenvalue weighted by atomic mass is 16.1. The Morgan fingerprint density at radius 3 is 2.65 bits per heavy atom. The van der Waals surface area contributed by atoms with E-state index in [9.17, 15) is 4.79 Å². The molecule has 1 aromatic rings. The Balaban J connectivity index is 2.04. The first kappa shape index (κ1) is 15.3. The molecule has 4 nitrogen and oxygen atoms in total. The minimum absolute atomic E-state index is 0.0778. The Morgan fingerprint density at radius 2 is 2.05 bits per heavy atom. The third kappa shape index (κ3) is 3.30. The monoisotopic (exact) mass is 277 g/mol. The number of aromatic nitrogens is 1. The summed E-state index contributed by atoms with van der Waals surface area (Å²) in [5, 5.41) is 0. The number of nitrogens with two attached hydrogens (primary N) is 1. The molecule has 1 heterocycles. The lowest BCUT2D eigenvalue weighted by atomic mass is 9.80. The van der Waals surface area contributed by atoms with Gasteiger partial charge in [0.25, 0.3) is 5.56 Å². The van der Waals surface area contributed by atoms with E-state index in [2.05, 4.69) is 11.8 Å². The smallest absolute Gasteiger partial charge is 0.250 e. The molecule has 0 amide bonds. The van der Waals surface area contributed by atoms with Gasteiger partial charge >= 0.3 is 0 Å². The van der Waals surface area contributed by atoms with Crippen LogP contribution >= 0.6 is 0 Å². The van der Waals surface area contributed by atoms with E-state index >= 15 is 0 Å². The van der Waals surface area contributed by atoms with E-state index in [1.165, 1.54) is 32.1 Å². The van der Waals surface area contributed by atoms with Crippen molar-refractivity contribution < 1.29 is 0 Å². The third-order valence-electron chi connectivity index (χ3n) is 4.73. The maximum atomic E-state index is 11.8. The van der Waals surface area contributed by atoms with Crippen LogP contribution in [-0.4, -0.2) is 34.6 Å². The maximum absolute atomic E-state index is 11.8. The van der Waals surface area contributed by atoms with Crippen molar-refractivity contribution in [3.63, 3.8) is 0 Å². The summed E-state index contributed by atoms with van der Waals surface area (Å²) in [6.45, 7) is 5.57. The average Bonchev–Trinajstić information content (AvgIpc) is 2.50. The lowest BCUT2D eigenvalue weighted by Gasteiger charge is -2.45. The Labute approximate surface area is 121 Å². The van der Waals surface area contributed by atoms with Crippen molar-refractivity contribution in [3.8, 4) is 0 Å². The van der Waals surface area contributed by atoms with E-state index in [4.69, 9.17) is 5.73 Å². The molecule has 0 spiro atoms. The van der Waals surface area contributed by atoms with Crippen molar-refractivity contribution >= 4 is 0 Å². The van der Waals surface area contributed by atoms with Gasteiger partial charge in [-0.3, -0.25) is 9.69 Å². The first-order chi connectivity index (χ1) is 9.72. The van der Waals surface area contributed by atoms with Crippen LogP contribution in [0.2, 0.25) is 0 Å². The van der Waals surface area contributed by atoms with Crippen molar-refractivity contribution in [1.82, 2.24) is 9.47 Å². The maximum Gasteiger partial charge on any atom is 0.250 e. The molecule has 1 saturated carbocycles. The predicted molar refractivity (Wildman–Crippen MR) is 82.8 cm³/mol. The second kappa shape index (κ2) is 7.04. The lowest BCUT2D eigenvalue weighted by Crippen LogP contribution is -2.55. The van der Waals surface area contributed by atoms with Gasteiger partial charge in [0.2, 0.25) is 0 Å². The first-order valence-corrected chi connectivity index (χ1v) is 7.82. The van der Waals surface area contributed by atoms with Crippen LogP contribution in [0.1, 0.15) is 39.0 Å². The van der Waals surface area contributed by atoms with Crippen LogP contribution in [0.3, 0.4) is 0 Å². The highest BCUT2D eigenvalue weighted by Crippen LogP contribution is 2.32. The summed E-state index contributed by atoms with van der Waals surface area (Å²) in [7, 11) is 0. The molecule has 0 aromatic carbocycles. The van der Waals surface area contributed by atoms with E-state index in [0.717, 1.165) is 26.2 Å². The van der Waals surface area contributed by atoms with Crippen LogP contribution in [-0.2, 0) is 6.54 Å². The molecule has 0 radical (unpaired) electrons. The Hall–Kier alpha value is -1.13. The molecular weight excluding hydrogens is 250 g/mol. The average molecular weight is 277 g/mol. The SMILES string of the molecule is CCN(CCn1ccccc1=O)C1(CN)CCCCC1. The summed E-state index contributed by atoms with van der Waals surface area (Å²) in [5.74, 6) is 0. The normalized spacial score (nSPS) is 18.4. The second-order valence-corrected chi connectivity index (χ2v) is 5.80. The van der Waals surface area contributed by atoms with Crippen LogP contribution in [0.15, 0.2) is 29.2 Å². The highest BCUT2D eigenvalue weighted by Gasteiger charge is 2.35. The summed E-state index contributed by atoms with van der Waals surface area (Å²) < 4.78 is 1.79. The third-order valence-corrected chi connectivity index (χ3v) is 4.73. The molecule has 1 aromatic heterocycles. The minimum Gasteiger partial charge on any atom is -0.329 e. The van der Waals surface area contributed by atoms with Crippen LogP contribution < -0.4 is 11.3 Å². The fourth-order valence-electron chi connectivity index (χ4n) is 3.46. The van der Waals surface area contributed by atoms with E-state index in [0.29, 0.717) is 0 Å². The molecule has 1 aliphatic rings. The largest absolute Gasteiger partial charge is 0.329 e. The molecule has 1 aliphatic carbocycles. The lowest BCUT2D eigenvalue weighted by molar-refractivity contribution is 0.0583. The van der Waals surface area contributed by atoms with Gasteiger partial charge in [-0.1, -0.05) is 32.3 Å². The second-order valence-electron chi connectivity index (χ2n) is 5.80. The number of hydrogen-bond donors (Lipinski definition) is 1.